The SMILES string of the molecule is COc1cccc2c1N(Cc1cc3ccccc3oc1=O)CCO2. The van der Waals surface area contributed by atoms with Crippen molar-refractivity contribution in [2.75, 3.05) is 25.2 Å². The summed E-state index contributed by atoms with van der Waals surface area (Å²) in [6, 6.07) is 15.1. The minimum Gasteiger partial charge on any atom is -0.494 e. The number of benzene rings is 2. The molecule has 4 rings (SSSR count). The highest BCUT2D eigenvalue weighted by atomic mass is 16.5. The van der Waals surface area contributed by atoms with Crippen molar-refractivity contribution in [1.29, 1.82) is 0 Å². The highest BCUT2D eigenvalue weighted by molar-refractivity contribution is 5.77. The van der Waals surface area contributed by atoms with Crippen LogP contribution < -0.4 is 20.0 Å². The second kappa shape index (κ2) is 5.92. The van der Waals surface area contributed by atoms with Gasteiger partial charge in [0, 0.05) is 5.39 Å². The molecule has 122 valence electrons. The van der Waals surface area contributed by atoms with E-state index >= 15 is 0 Å². The topological polar surface area (TPSA) is 51.9 Å². The highest BCUT2D eigenvalue weighted by Gasteiger charge is 2.23. The van der Waals surface area contributed by atoms with Crippen LogP contribution in [0.1, 0.15) is 5.56 Å². The average molecular weight is 323 g/mol. The number of rotatable bonds is 3. The van der Waals surface area contributed by atoms with Crippen LogP contribution >= 0.6 is 0 Å². The average Bonchev–Trinajstić information content (AvgIpc) is 2.62. The molecule has 0 bridgehead atoms. The molecule has 0 spiro atoms. The minimum absolute atomic E-state index is 0.309. The number of nitrogens with zero attached hydrogens (tertiary/aromatic N) is 1. The lowest BCUT2D eigenvalue weighted by Crippen LogP contribution is -2.34. The van der Waals surface area contributed by atoms with Crippen molar-refractivity contribution < 1.29 is 13.9 Å². The van der Waals surface area contributed by atoms with Crippen LogP contribution in [0.15, 0.2) is 57.7 Å². The fraction of sp³-hybridized carbons (Fsp3) is 0.211. The zero-order valence-electron chi connectivity index (χ0n) is 13.3. The first-order chi connectivity index (χ1) is 11.8. The van der Waals surface area contributed by atoms with Gasteiger partial charge in [-0.15, -0.1) is 0 Å². The molecule has 0 saturated heterocycles. The van der Waals surface area contributed by atoms with Crippen LogP contribution in [0.4, 0.5) is 5.69 Å². The quantitative estimate of drug-likeness (QED) is 0.693. The molecule has 1 aliphatic rings. The Kier molecular flexibility index (Phi) is 3.61. The molecule has 0 atom stereocenters. The van der Waals surface area contributed by atoms with E-state index in [2.05, 4.69) is 4.90 Å². The molecular weight excluding hydrogens is 306 g/mol. The van der Waals surface area contributed by atoms with Crippen LogP contribution in [0.5, 0.6) is 11.5 Å². The van der Waals surface area contributed by atoms with Crippen molar-refractivity contribution >= 4 is 16.7 Å². The number of para-hydroxylation sites is 2. The van der Waals surface area contributed by atoms with Gasteiger partial charge in [-0.05, 0) is 24.3 Å². The van der Waals surface area contributed by atoms with Crippen LogP contribution in [0.3, 0.4) is 0 Å². The number of methoxy groups -OCH3 is 1. The molecule has 0 radical (unpaired) electrons. The Labute approximate surface area is 139 Å². The number of anilines is 1. The van der Waals surface area contributed by atoms with Crippen molar-refractivity contribution in [3.8, 4) is 11.5 Å². The first-order valence-corrected chi connectivity index (χ1v) is 7.83. The van der Waals surface area contributed by atoms with E-state index in [-0.39, 0.29) is 5.63 Å². The Morgan fingerprint density at radius 2 is 2.04 bits per heavy atom. The molecule has 0 amide bonds. The molecule has 1 aliphatic heterocycles. The van der Waals surface area contributed by atoms with Crippen LogP contribution in [0.2, 0.25) is 0 Å². The van der Waals surface area contributed by atoms with E-state index in [1.54, 1.807) is 13.2 Å². The van der Waals surface area contributed by atoms with E-state index in [4.69, 9.17) is 13.9 Å². The summed E-state index contributed by atoms with van der Waals surface area (Å²) in [5.41, 5.74) is 1.79. The monoisotopic (exact) mass is 323 g/mol. The Morgan fingerprint density at radius 3 is 2.92 bits per heavy atom. The Hall–Kier alpha value is -2.95. The lowest BCUT2D eigenvalue weighted by Gasteiger charge is -2.32. The molecule has 2 aromatic carbocycles. The molecule has 0 fully saturated rings. The predicted octanol–water partition coefficient (Wildman–Crippen LogP) is 3.20. The first-order valence-electron chi connectivity index (χ1n) is 7.83. The van der Waals surface area contributed by atoms with Crippen LogP contribution in [0, 0.1) is 0 Å². The molecule has 0 saturated carbocycles. The molecule has 1 aromatic heterocycles. The van der Waals surface area contributed by atoms with Crippen molar-refractivity contribution in [2.45, 2.75) is 6.54 Å². The number of fused-ring (bicyclic) bond motifs is 2. The second-order valence-electron chi connectivity index (χ2n) is 5.67. The number of hydrogen-bond donors (Lipinski definition) is 0. The molecular formula is C19H17NO4. The van der Waals surface area contributed by atoms with Crippen LogP contribution in [-0.2, 0) is 6.54 Å². The number of ether oxygens (including phenoxy) is 2. The van der Waals surface area contributed by atoms with Crippen molar-refractivity contribution in [3.05, 3.63) is 64.5 Å². The van der Waals surface area contributed by atoms with Gasteiger partial charge in [-0.25, -0.2) is 4.79 Å². The van der Waals surface area contributed by atoms with E-state index in [1.165, 1.54) is 0 Å². The largest absolute Gasteiger partial charge is 0.494 e. The molecule has 5 nitrogen and oxygen atoms in total. The Bertz CT molecular complexity index is 933. The summed E-state index contributed by atoms with van der Waals surface area (Å²) in [6.45, 7) is 1.70. The van der Waals surface area contributed by atoms with Crippen molar-refractivity contribution in [3.63, 3.8) is 0 Å². The van der Waals surface area contributed by atoms with E-state index in [9.17, 15) is 4.79 Å². The van der Waals surface area contributed by atoms with Gasteiger partial charge in [0.25, 0.3) is 0 Å². The molecule has 0 N–H and O–H groups in total. The van der Waals surface area contributed by atoms with Crippen molar-refractivity contribution in [1.82, 2.24) is 0 Å². The zero-order chi connectivity index (χ0) is 16.5. The maximum absolute atomic E-state index is 12.3. The van der Waals surface area contributed by atoms with Gasteiger partial charge < -0.3 is 18.8 Å². The van der Waals surface area contributed by atoms with Gasteiger partial charge >= 0.3 is 5.63 Å². The van der Waals surface area contributed by atoms with E-state index in [1.807, 2.05) is 42.5 Å². The fourth-order valence-electron chi connectivity index (χ4n) is 3.05. The van der Waals surface area contributed by atoms with Gasteiger partial charge in [-0.1, -0.05) is 24.3 Å². The van der Waals surface area contributed by atoms with Gasteiger partial charge in [0.2, 0.25) is 0 Å². The van der Waals surface area contributed by atoms with Crippen LogP contribution in [0.25, 0.3) is 11.0 Å². The standard InChI is InChI=1S/C19H17NO4/c1-22-16-7-4-8-17-18(16)20(9-10-23-17)12-14-11-13-5-2-3-6-15(13)24-19(14)21/h2-8,11H,9-10,12H2,1H3. The maximum atomic E-state index is 12.3. The third kappa shape index (κ3) is 2.48. The predicted molar refractivity (Wildman–Crippen MR) is 92.0 cm³/mol. The molecule has 24 heavy (non-hydrogen) atoms. The first kappa shape index (κ1) is 14.6. The highest BCUT2D eigenvalue weighted by Crippen LogP contribution is 2.40. The third-order valence-electron chi connectivity index (χ3n) is 4.19. The third-order valence-corrected chi connectivity index (χ3v) is 4.19. The lowest BCUT2D eigenvalue weighted by atomic mass is 10.1. The normalized spacial score (nSPS) is 13.5. The van der Waals surface area contributed by atoms with Crippen LogP contribution in [-0.4, -0.2) is 20.3 Å². The summed E-state index contributed by atoms with van der Waals surface area (Å²) >= 11 is 0. The molecule has 3 aromatic rings. The van der Waals surface area contributed by atoms with Gasteiger partial charge in [-0.3, -0.25) is 0 Å². The summed E-state index contributed by atoms with van der Waals surface area (Å²) in [6.07, 6.45) is 0. The number of hydrogen-bond acceptors (Lipinski definition) is 5. The lowest BCUT2D eigenvalue weighted by molar-refractivity contribution is 0.301. The van der Waals surface area contributed by atoms with E-state index in [0.717, 1.165) is 22.6 Å². The maximum Gasteiger partial charge on any atom is 0.341 e. The van der Waals surface area contributed by atoms with Gasteiger partial charge in [0.05, 0.1) is 25.8 Å². The summed E-state index contributed by atoms with van der Waals surface area (Å²) in [5, 5.41) is 0.917. The fourth-order valence-corrected chi connectivity index (χ4v) is 3.05. The minimum atomic E-state index is -0.309. The second-order valence-corrected chi connectivity index (χ2v) is 5.67. The van der Waals surface area contributed by atoms with Gasteiger partial charge in [0.1, 0.15) is 29.4 Å². The van der Waals surface area contributed by atoms with Gasteiger partial charge in [0.15, 0.2) is 0 Å². The van der Waals surface area contributed by atoms with Crippen molar-refractivity contribution in [2.24, 2.45) is 0 Å². The molecule has 5 heteroatoms. The smallest absolute Gasteiger partial charge is 0.341 e. The van der Waals surface area contributed by atoms with E-state index in [0.29, 0.717) is 30.8 Å². The summed E-state index contributed by atoms with van der Waals surface area (Å²) in [5.74, 6) is 1.50. The molecule has 0 unspecified atom stereocenters. The van der Waals surface area contributed by atoms with E-state index < -0.39 is 0 Å². The summed E-state index contributed by atoms with van der Waals surface area (Å²) in [4.78, 5) is 14.4. The summed E-state index contributed by atoms with van der Waals surface area (Å²) in [7, 11) is 1.63. The Balaban J connectivity index is 1.75. The van der Waals surface area contributed by atoms with Gasteiger partial charge in [-0.2, -0.15) is 0 Å². The zero-order valence-corrected chi connectivity index (χ0v) is 13.3. The molecule has 2 heterocycles. The summed E-state index contributed by atoms with van der Waals surface area (Å²) < 4.78 is 16.6. The molecule has 0 aliphatic carbocycles. The Morgan fingerprint density at radius 1 is 1.17 bits per heavy atom.